The van der Waals surface area contributed by atoms with Crippen LogP contribution in [0.3, 0.4) is 0 Å². The molecule has 2 atom stereocenters. The van der Waals surface area contributed by atoms with Crippen molar-refractivity contribution in [2.24, 2.45) is 11.6 Å². The van der Waals surface area contributed by atoms with Gasteiger partial charge >= 0.3 is 5.97 Å². The van der Waals surface area contributed by atoms with Crippen LogP contribution in [0, 0.1) is 0 Å². The Morgan fingerprint density at radius 1 is 1.36 bits per heavy atom. The molecule has 0 saturated carbocycles. The summed E-state index contributed by atoms with van der Waals surface area (Å²) in [7, 11) is 0. The fraction of sp³-hybridized carbons (Fsp3) is 0.333. The molecule has 2 aliphatic rings. The first-order valence-electron chi connectivity index (χ1n) is 10.5. The topological polar surface area (TPSA) is 169 Å². The van der Waals surface area contributed by atoms with Crippen molar-refractivity contribution in [3.8, 4) is 17.1 Å². The number of nitrogens with two attached hydrogens (primary N) is 2. The van der Waals surface area contributed by atoms with Gasteiger partial charge in [0.05, 0.1) is 31.8 Å². The Bertz CT molecular complexity index is 1240. The highest BCUT2D eigenvalue weighted by Crippen LogP contribution is 2.40. The van der Waals surface area contributed by atoms with Crippen LogP contribution in [-0.4, -0.2) is 67.9 Å². The Morgan fingerprint density at radius 3 is 3.00 bits per heavy atom. The van der Waals surface area contributed by atoms with Gasteiger partial charge in [0.15, 0.2) is 23.1 Å². The Kier molecular flexibility index (Phi) is 5.23. The predicted molar refractivity (Wildman–Crippen MR) is 119 cm³/mol. The molecule has 172 valence electrons. The van der Waals surface area contributed by atoms with Crippen LogP contribution in [-0.2, 0) is 16.1 Å². The molecular weight excluding hydrogens is 428 g/mol. The van der Waals surface area contributed by atoms with Gasteiger partial charge in [0.25, 0.3) is 0 Å². The third-order valence-corrected chi connectivity index (χ3v) is 5.83. The molecule has 1 saturated heterocycles. The van der Waals surface area contributed by atoms with Crippen molar-refractivity contribution in [1.29, 1.82) is 0 Å². The molecule has 1 fully saturated rings. The third-order valence-electron chi connectivity index (χ3n) is 5.83. The molecular formula is C21H24N8O4. The fourth-order valence-electron chi connectivity index (χ4n) is 4.31. The standard InChI is InChI=1S/C21H24N8O4/c1-11-8-32-9-12-10-33-17-15(7-28(23)16(6-22)21(30)31)26-19(27-20(17)29(11)12)14-3-5-25-18-13(14)2-4-24-18/h2-6,11-12H,7-10,22-23H2,1H3,(H,24,25)(H,30,31)/b16-6-/t11-,12+/m1/s1. The van der Waals surface area contributed by atoms with E-state index in [0.29, 0.717) is 48.6 Å². The number of hydrazine groups is 1. The number of anilines is 1. The van der Waals surface area contributed by atoms with Crippen molar-refractivity contribution < 1.29 is 19.4 Å². The van der Waals surface area contributed by atoms with E-state index in [1.807, 2.05) is 12.1 Å². The minimum Gasteiger partial charge on any atom is -0.486 e. The molecule has 6 N–H and O–H groups in total. The Labute approximate surface area is 188 Å². The summed E-state index contributed by atoms with van der Waals surface area (Å²) in [5, 5.41) is 11.3. The van der Waals surface area contributed by atoms with Gasteiger partial charge < -0.3 is 30.2 Å². The zero-order chi connectivity index (χ0) is 23.1. The van der Waals surface area contributed by atoms with Gasteiger partial charge in [0, 0.05) is 29.5 Å². The number of ether oxygens (including phenoxy) is 2. The lowest BCUT2D eigenvalue weighted by molar-refractivity contribution is -0.134. The summed E-state index contributed by atoms with van der Waals surface area (Å²) in [4.78, 5) is 30.8. The number of hydrogen-bond donors (Lipinski definition) is 4. The summed E-state index contributed by atoms with van der Waals surface area (Å²) in [6.45, 7) is 3.50. The number of fused-ring (bicyclic) bond motifs is 4. The van der Waals surface area contributed by atoms with Crippen LogP contribution >= 0.6 is 0 Å². The number of pyridine rings is 1. The van der Waals surface area contributed by atoms with Crippen LogP contribution in [0.1, 0.15) is 12.6 Å². The van der Waals surface area contributed by atoms with Gasteiger partial charge in [0.1, 0.15) is 17.9 Å². The summed E-state index contributed by atoms with van der Waals surface area (Å²) < 4.78 is 11.8. The number of rotatable bonds is 5. The van der Waals surface area contributed by atoms with Gasteiger partial charge in [-0.2, -0.15) is 0 Å². The second kappa shape index (κ2) is 8.22. The normalized spacial score (nSPS) is 20.2. The van der Waals surface area contributed by atoms with Gasteiger partial charge in [0.2, 0.25) is 0 Å². The lowest BCUT2D eigenvalue weighted by Gasteiger charge is -2.44. The first-order chi connectivity index (χ1) is 16.0. The lowest BCUT2D eigenvalue weighted by atomic mass is 10.1. The zero-order valence-corrected chi connectivity index (χ0v) is 17.9. The number of morpholine rings is 1. The molecule has 3 aromatic rings. The number of H-pyrrole nitrogens is 1. The van der Waals surface area contributed by atoms with E-state index in [2.05, 4.69) is 21.8 Å². The second-order valence-corrected chi connectivity index (χ2v) is 7.99. The molecule has 2 aliphatic heterocycles. The first kappa shape index (κ1) is 21.0. The highest BCUT2D eigenvalue weighted by Gasteiger charge is 2.38. The van der Waals surface area contributed by atoms with Gasteiger partial charge in [-0.05, 0) is 19.1 Å². The van der Waals surface area contributed by atoms with Crippen molar-refractivity contribution in [2.45, 2.75) is 25.6 Å². The van der Waals surface area contributed by atoms with E-state index in [0.717, 1.165) is 22.2 Å². The summed E-state index contributed by atoms with van der Waals surface area (Å²) in [6.07, 6.45) is 4.43. The van der Waals surface area contributed by atoms with Crippen molar-refractivity contribution in [3.63, 3.8) is 0 Å². The maximum Gasteiger partial charge on any atom is 0.355 e. The molecule has 0 unspecified atom stereocenters. The van der Waals surface area contributed by atoms with E-state index in [1.54, 1.807) is 12.4 Å². The summed E-state index contributed by atoms with van der Waals surface area (Å²) >= 11 is 0. The van der Waals surface area contributed by atoms with Crippen LogP contribution in [0.5, 0.6) is 5.75 Å². The second-order valence-electron chi connectivity index (χ2n) is 7.99. The number of carboxylic acid groups (broad SMARTS) is 1. The molecule has 0 amide bonds. The maximum atomic E-state index is 11.5. The summed E-state index contributed by atoms with van der Waals surface area (Å²) in [5.41, 5.74) is 7.18. The van der Waals surface area contributed by atoms with E-state index in [4.69, 9.17) is 31.0 Å². The smallest absolute Gasteiger partial charge is 0.355 e. The van der Waals surface area contributed by atoms with Gasteiger partial charge in [-0.1, -0.05) is 0 Å². The number of hydrogen-bond acceptors (Lipinski definition) is 10. The maximum absolute atomic E-state index is 11.5. The summed E-state index contributed by atoms with van der Waals surface area (Å²) in [6, 6.07) is 3.83. The van der Waals surface area contributed by atoms with E-state index < -0.39 is 5.97 Å². The third kappa shape index (κ3) is 3.58. The zero-order valence-electron chi connectivity index (χ0n) is 17.9. The molecule has 12 nitrogen and oxygen atoms in total. The van der Waals surface area contributed by atoms with E-state index in [-0.39, 0.29) is 24.3 Å². The molecule has 0 bridgehead atoms. The minimum absolute atomic E-state index is 0.00839. The molecule has 0 spiro atoms. The SMILES string of the molecule is C[C@@H]1COC[C@H]2COc3c(CN(N)/C(=C\N)C(=O)O)nc(-c4ccnc5[nH]ccc45)nc3N21. The van der Waals surface area contributed by atoms with Gasteiger partial charge in [-0.3, -0.25) is 5.01 Å². The number of aromatic amines is 1. The first-order valence-corrected chi connectivity index (χ1v) is 10.5. The molecule has 0 radical (unpaired) electrons. The highest BCUT2D eigenvalue weighted by atomic mass is 16.5. The lowest BCUT2D eigenvalue weighted by Crippen LogP contribution is -2.56. The largest absolute Gasteiger partial charge is 0.486 e. The predicted octanol–water partition coefficient (Wildman–Crippen LogP) is 0.566. The molecule has 0 aliphatic carbocycles. The number of nitrogens with one attached hydrogen (secondary N) is 1. The Morgan fingerprint density at radius 2 is 2.21 bits per heavy atom. The number of aromatic nitrogens is 4. The van der Waals surface area contributed by atoms with Gasteiger partial charge in [-0.25, -0.2) is 25.6 Å². The van der Waals surface area contributed by atoms with Crippen molar-refractivity contribution in [2.75, 3.05) is 24.7 Å². The number of aliphatic carboxylic acids is 1. The Balaban J connectivity index is 1.67. The van der Waals surface area contributed by atoms with Gasteiger partial charge in [-0.15, -0.1) is 0 Å². The molecule has 5 heterocycles. The van der Waals surface area contributed by atoms with Crippen LogP contribution in [0.4, 0.5) is 5.82 Å². The number of carboxylic acids is 1. The molecule has 12 heteroatoms. The van der Waals surface area contributed by atoms with Crippen LogP contribution in [0.15, 0.2) is 36.4 Å². The molecule has 0 aromatic carbocycles. The van der Waals surface area contributed by atoms with Crippen LogP contribution in [0.2, 0.25) is 0 Å². The highest BCUT2D eigenvalue weighted by molar-refractivity contribution is 5.91. The monoisotopic (exact) mass is 452 g/mol. The van der Waals surface area contributed by atoms with Crippen molar-refractivity contribution >= 4 is 22.8 Å². The number of nitrogens with zero attached hydrogens (tertiary/aromatic N) is 5. The van der Waals surface area contributed by atoms with Crippen LogP contribution in [0.25, 0.3) is 22.4 Å². The fourth-order valence-corrected chi connectivity index (χ4v) is 4.31. The van der Waals surface area contributed by atoms with Crippen LogP contribution < -0.4 is 21.2 Å². The van der Waals surface area contributed by atoms with Crippen molar-refractivity contribution in [1.82, 2.24) is 24.9 Å². The van der Waals surface area contributed by atoms with E-state index in [9.17, 15) is 9.90 Å². The minimum atomic E-state index is -1.24. The molecule has 3 aromatic heterocycles. The number of carbonyl (C=O) groups is 1. The molecule has 33 heavy (non-hydrogen) atoms. The summed E-state index contributed by atoms with van der Waals surface area (Å²) in [5.74, 6) is 6.38. The Hall–Kier alpha value is -3.90. The average molecular weight is 452 g/mol. The quantitative estimate of drug-likeness (QED) is 0.242. The molecule has 5 rings (SSSR count). The van der Waals surface area contributed by atoms with E-state index in [1.165, 1.54) is 0 Å². The van der Waals surface area contributed by atoms with Crippen molar-refractivity contribution in [3.05, 3.63) is 42.1 Å². The average Bonchev–Trinajstić information content (AvgIpc) is 3.28. The van der Waals surface area contributed by atoms with E-state index >= 15 is 0 Å².